The zero-order chi connectivity index (χ0) is 6.69. The molecule has 1 aliphatic carbocycles. The van der Waals surface area contributed by atoms with Gasteiger partial charge in [0, 0.05) is 6.42 Å². The summed E-state index contributed by atoms with van der Waals surface area (Å²) in [7, 11) is 0. The average Bonchev–Trinajstić information content (AvgIpc) is 1.88. The highest BCUT2D eigenvalue weighted by Gasteiger charge is 2.06. The molecule has 0 fully saturated rings. The normalized spacial score (nSPS) is 26.0. The van der Waals surface area contributed by atoms with Crippen LogP contribution in [0.3, 0.4) is 0 Å². The Kier molecular flexibility index (Phi) is 2.04. The Morgan fingerprint density at radius 1 is 1.78 bits per heavy atom. The third-order valence-electron chi connectivity index (χ3n) is 1.56. The highest BCUT2D eigenvalue weighted by molar-refractivity contribution is 5.20. The van der Waals surface area contributed by atoms with E-state index in [0.717, 1.165) is 6.42 Å². The van der Waals surface area contributed by atoms with Crippen LogP contribution < -0.4 is 0 Å². The molecule has 0 radical (unpaired) electrons. The summed E-state index contributed by atoms with van der Waals surface area (Å²) in [5.41, 5.74) is 1.21. The molecule has 9 heavy (non-hydrogen) atoms. The minimum atomic E-state index is -0.732. The fraction of sp³-hybridized carbons (Fsp3) is 0.500. The van der Waals surface area contributed by atoms with Crippen LogP contribution in [-0.4, -0.2) is 6.17 Å². The van der Waals surface area contributed by atoms with Crippen molar-refractivity contribution in [3.8, 4) is 0 Å². The Morgan fingerprint density at radius 2 is 2.56 bits per heavy atom. The maximum absolute atomic E-state index is 12.5. The van der Waals surface area contributed by atoms with E-state index in [1.165, 1.54) is 5.57 Å². The second-order valence-corrected chi connectivity index (χ2v) is 2.28. The van der Waals surface area contributed by atoms with Crippen molar-refractivity contribution in [2.45, 2.75) is 25.9 Å². The van der Waals surface area contributed by atoms with E-state index in [1.807, 2.05) is 6.08 Å². The number of hydrogen-bond donors (Lipinski definition) is 0. The largest absolute Gasteiger partial charge is 0.243 e. The van der Waals surface area contributed by atoms with E-state index in [4.69, 9.17) is 0 Å². The van der Waals surface area contributed by atoms with E-state index in [2.05, 4.69) is 6.92 Å². The smallest absolute Gasteiger partial charge is 0.122 e. The highest BCUT2D eigenvalue weighted by atomic mass is 19.1. The van der Waals surface area contributed by atoms with Crippen molar-refractivity contribution in [1.29, 1.82) is 0 Å². The molecule has 50 valence electrons. The van der Waals surface area contributed by atoms with Gasteiger partial charge in [-0.15, -0.1) is 0 Å². The summed E-state index contributed by atoms with van der Waals surface area (Å²) in [6.45, 7) is 2.05. The lowest BCUT2D eigenvalue weighted by Crippen LogP contribution is -2.00. The van der Waals surface area contributed by atoms with E-state index < -0.39 is 6.17 Å². The van der Waals surface area contributed by atoms with Gasteiger partial charge in [0.1, 0.15) is 6.17 Å². The summed E-state index contributed by atoms with van der Waals surface area (Å²) in [5.74, 6) is 0. The Hall–Kier alpha value is -0.590. The molecule has 0 aromatic carbocycles. The van der Waals surface area contributed by atoms with Gasteiger partial charge < -0.3 is 0 Å². The number of halogens is 1. The van der Waals surface area contributed by atoms with E-state index in [0.29, 0.717) is 6.42 Å². The molecule has 0 amide bonds. The number of rotatable bonds is 1. The first-order valence-electron chi connectivity index (χ1n) is 3.33. The second kappa shape index (κ2) is 2.81. The number of hydrogen-bond acceptors (Lipinski definition) is 0. The van der Waals surface area contributed by atoms with Crippen LogP contribution in [0.25, 0.3) is 0 Å². The fourth-order valence-corrected chi connectivity index (χ4v) is 0.961. The molecule has 1 unspecified atom stereocenters. The molecular weight excluding hydrogens is 115 g/mol. The first kappa shape index (κ1) is 6.53. The lowest BCUT2D eigenvalue weighted by molar-refractivity contribution is 0.392. The highest BCUT2D eigenvalue weighted by Crippen LogP contribution is 2.17. The maximum Gasteiger partial charge on any atom is 0.122 e. The summed E-state index contributed by atoms with van der Waals surface area (Å²) >= 11 is 0. The molecule has 0 N–H and O–H groups in total. The van der Waals surface area contributed by atoms with Crippen LogP contribution in [0.2, 0.25) is 0 Å². The second-order valence-electron chi connectivity index (χ2n) is 2.28. The summed E-state index contributed by atoms with van der Waals surface area (Å²) in [5, 5.41) is 0. The molecule has 1 heteroatoms. The van der Waals surface area contributed by atoms with Crippen LogP contribution in [0.5, 0.6) is 0 Å². The first-order valence-corrected chi connectivity index (χ1v) is 3.33. The van der Waals surface area contributed by atoms with Crippen molar-refractivity contribution in [3.63, 3.8) is 0 Å². The summed E-state index contributed by atoms with van der Waals surface area (Å²) in [4.78, 5) is 0. The Balaban J connectivity index is 2.55. The molecule has 0 aromatic rings. The Bertz CT molecular complexity index is 145. The number of allylic oxidation sites excluding steroid dienone is 4. The minimum absolute atomic E-state index is 0.604. The Morgan fingerprint density at radius 3 is 3.00 bits per heavy atom. The van der Waals surface area contributed by atoms with Crippen molar-refractivity contribution >= 4 is 0 Å². The molecule has 0 spiro atoms. The third-order valence-corrected chi connectivity index (χ3v) is 1.56. The van der Waals surface area contributed by atoms with Gasteiger partial charge in [-0.1, -0.05) is 30.7 Å². The third kappa shape index (κ3) is 1.67. The van der Waals surface area contributed by atoms with E-state index in [9.17, 15) is 4.39 Å². The quantitative estimate of drug-likeness (QED) is 0.506. The molecule has 1 rings (SSSR count). The monoisotopic (exact) mass is 126 g/mol. The van der Waals surface area contributed by atoms with Crippen LogP contribution in [0, 0.1) is 0 Å². The van der Waals surface area contributed by atoms with Gasteiger partial charge in [-0.25, -0.2) is 4.39 Å². The van der Waals surface area contributed by atoms with Crippen LogP contribution in [0.4, 0.5) is 4.39 Å². The SMILES string of the molecule is CCC1=CC=CC(F)C1. The van der Waals surface area contributed by atoms with E-state index >= 15 is 0 Å². The topological polar surface area (TPSA) is 0 Å². The maximum atomic E-state index is 12.5. The van der Waals surface area contributed by atoms with Crippen LogP contribution in [0.15, 0.2) is 23.8 Å². The van der Waals surface area contributed by atoms with E-state index in [-0.39, 0.29) is 0 Å². The van der Waals surface area contributed by atoms with Crippen molar-refractivity contribution in [3.05, 3.63) is 23.8 Å². The first-order chi connectivity index (χ1) is 4.33. The van der Waals surface area contributed by atoms with Gasteiger partial charge in [0.25, 0.3) is 0 Å². The fourth-order valence-electron chi connectivity index (χ4n) is 0.961. The lowest BCUT2D eigenvalue weighted by Gasteiger charge is -2.08. The standard InChI is InChI=1S/C8H11F/c1-2-7-4-3-5-8(9)6-7/h3-5,8H,2,6H2,1H3. The minimum Gasteiger partial charge on any atom is -0.243 e. The molecular formula is C8H11F. The summed E-state index contributed by atoms with van der Waals surface area (Å²) in [6.07, 6.45) is 6.24. The van der Waals surface area contributed by atoms with Crippen LogP contribution in [-0.2, 0) is 0 Å². The van der Waals surface area contributed by atoms with Crippen LogP contribution >= 0.6 is 0 Å². The van der Waals surface area contributed by atoms with Gasteiger partial charge in [-0.2, -0.15) is 0 Å². The predicted octanol–water partition coefficient (Wildman–Crippen LogP) is 2.62. The van der Waals surface area contributed by atoms with Crippen molar-refractivity contribution in [2.24, 2.45) is 0 Å². The molecule has 0 heterocycles. The van der Waals surface area contributed by atoms with Crippen molar-refractivity contribution < 1.29 is 4.39 Å². The molecule has 0 nitrogen and oxygen atoms in total. The molecule has 0 bridgehead atoms. The summed E-state index contributed by atoms with van der Waals surface area (Å²) < 4.78 is 12.5. The summed E-state index contributed by atoms with van der Waals surface area (Å²) in [6, 6.07) is 0. The van der Waals surface area contributed by atoms with Gasteiger partial charge in [-0.3, -0.25) is 0 Å². The van der Waals surface area contributed by atoms with E-state index in [1.54, 1.807) is 12.2 Å². The van der Waals surface area contributed by atoms with Gasteiger partial charge in [-0.05, 0) is 6.42 Å². The molecule has 0 saturated heterocycles. The molecule has 1 atom stereocenters. The van der Waals surface area contributed by atoms with Crippen molar-refractivity contribution in [2.75, 3.05) is 0 Å². The molecule has 1 aliphatic rings. The zero-order valence-corrected chi connectivity index (χ0v) is 5.60. The Labute approximate surface area is 55.1 Å². The van der Waals surface area contributed by atoms with Crippen molar-refractivity contribution in [1.82, 2.24) is 0 Å². The molecule has 0 aliphatic heterocycles. The average molecular weight is 126 g/mol. The number of alkyl halides is 1. The van der Waals surface area contributed by atoms with Gasteiger partial charge >= 0.3 is 0 Å². The van der Waals surface area contributed by atoms with Gasteiger partial charge in [0.2, 0.25) is 0 Å². The van der Waals surface area contributed by atoms with Crippen LogP contribution in [0.1, 0.15) is 19.8 Å². The predicted molar refractivity (Wildman–Crippen MR) is 37.0 cm³/mol. The molecule has 0 saturated carbocycles. The zero-order valence-electron chi connectivity index (χ0n) is 5.60. The van der Waals surface area contributed by atoms with Gasteiger partial charge in [0.15, 0.2) is 0 Å². The van der Waals surface area contributed by atoms with Gasteiger partial charge in [0.05, 0.1) is 0 Å². The molecule has 0 aromatic heterocycles. The lowest BCUT2D eigenvalue weighted by atomic mass is 10.0.